The van der Waals surface area contributed by atoms with Crippen LogP contribution in [0.15, 0.2) is 24.3 Å². The van der Waals surface area contributed by atoms with E-state index in [-0.39, 0.29) is 53.6 Å². The topological polar surface area (TPSA) is 100 Å². The first-order valence-corrected chi connectivity index (χ1v) is 11.2. The molecule has 4 rings (SSSR count). The van der Waals surface area contributed by atoms with E-state index in [0.29, 0.717) is 18.4 Å². The van der Waals surface area contributed by atoms with E-state index in [9.17, 15) is 18.7 Å². The molecule has 0 atom stereocenters. The number of carboxylic acids is 1. The number of aromatic amines is 1. The Bertz CT molecular complexity index is 1210. The Labute approximate surface area is 198 Å². The lowest BCUT2D eigenvalue weighted by molar-refractivity contribution is -0.160. The number of nitrogens with zero attached hydrogens (tertiary/aromatic N) is 2. The summed E-state index contributed by atoms with van der Waals surface area (Å²) in [6.45, 7) is 2.64. The van der Waals surface area contributed by atoms with Gasteiger partial charge in [-0.15, -0.1) is 0 Å². The number of nitrogens with one attached hydrogen (secondary N) is 2. The van der Waals surface area contributed by atoms with Crippen LogP contribution in [0.4, 0.5) is 19.0 Å². The highest BCUT2D eigenvalue weighted by Gasteiger charge is 2.52. The number of hydrogen-bond acceptors (Lipinski definition) is 5. The summed E-state index contributed by atoms with van der Waals surface area (Å²) in [7, 11) is 0. The van der Waals surface area contributed by atoms with Crippen LogP contribution in [0.1, 0.15) is 45.1 Å². The molecule has 7 nitrogen and oxygen atoms in total. The van der Waals surface area contributed by atoms with Crippen LogP contribution in [-0.2, 0) is 11.3 Å². The maximum absolute atomic E-state index is 15.3. The molecule has 0 radical (unpaired) electrons. The van der Waals surface area contributed by atoms with Crippen molar-refractivity contribution < 1.29 is 27.8 Å². The lowest BCUT2D eigenvalue weighted by atomic mass is 9.68. The van der Waals surface area contributed by atoms with E-state index in [2.05, 4.69) is 20.3 Å². The first-order valence-electron chi connectivity index (χ1n) is 10.8. The number of fused-ring (bicyclic) bond motifs is 1. The van der Waals surface area contributed by atoms with Crippen molar-refractivity contribution in [2.45, 2.75) is 57.8 Å². The number of benzene rings is 1. The third-order valence-corrected chi connectivity index (χ3v) is 6.85. The average molecular weight is 497 g/mol. The monoisotopic (exact) mass is 496 g/mol. The van der Waals surface area contributed by atoms with Crippen LogP contribution in [0.3, 0.4) is 0 Å². The Kier molecular flexibility index (Phi) is 6.37. The van der Waals surface area contributed by atoms with Gasteiger partial charge in [-0.2, -0.15) is 4.98 Å². The predicted octanol–water partition coefficient (Wildman–Crippen LogP) is 5.64. The maximum atomic E-state index is 15.3. The van der Waals surface area contributed by atoms with Crippen LogP contribution >= 0.6 is 11.6 Å². The summed E-state index contributed by atoms with van der Waals surface area (Å²) < 4.78 is 48.9. The number of halogens is 4. The van der Waals surface area contributed by atoms with Crippen molar-refractivity contribution in [1.29, 1.82) is 0 Å². The zero-order chi connectivity index (χ0) is 24.7. The number of aromatic nitrogens is 3. The molecule has 0 amide bonds. The molecule has 0 bridgehead atoms. The van der Waals surface area contributed by atoms with Gasteiger partial charge in [0.2, 0.25) is 0 Å². The van der Waals surface area contributed by atoms with E-state index in [4.69, 9.17) is 16.3 Å². The number of carboxylic acid groups (broad SMARTS) is 1. The summed E-state index contributed by atoms with van der Waals surface area (Å²) in [5, 5.41) is 12.4. The first-order chi connectivity index (χ1) is 16.0. The van der Waals surface area contributed by atoms with E-state index in [1.54, 1.807) is 6.07 Å². The molecular formula is C23H24ClF3N4O3. The summed E-state index contributed by atoms with van der Waals surface area (Å²) in [6.07, 6.45) is 0.439. The Balaban J connectivity index is 1.44. The molecule has 3 aromatic rings. The van der Waals surface area contributed by atoms with Crippen LogP contribution in [0, 0.1) is 17.0 Å². The van der Waals surface area contributed by atoms with E-state index in [1.165, 1.54) is 19.9 Å². The van der Waals surface area contributed by atoms with E-state index in [1.807, 2.05) is 0 Å². The number of anilines is 1. The van der Waals surface area contributed by atoms with E-state index < -0.39 is 28.7 Å². The summed E-state index contributed by atoms with van der Waals surface area (Å²) >= 11 is 6.26. The second kappa shape index (κ2) is 8.98. The van der Waals surface area contributed by atoms with Gasteiger partial charge >= 0.3 is 5.97 Å². The highest BCUT2D eigenvalue weighted by molar-refractivity contribution is 6.33. The highest BCUT2D eigenvalue weighted by Crippen LogP contribution is 2.46. The Morgan fingerprint density at radius 1 is 1.29 bits per heavy atom. The molecule has 0 aliphatic heterocycles. The van der Waals surface area contributed by atoms with Gasteiger partial charge in [0.25, 0.3) is 6.01 Å². The van der Waals surface area contributed by atoms with Gasteiger partial charge in [-0.25, -0.2) is 18.2 Å². The van der Waals surface area contributed by atoms with Crippen molar-refractivity contribution in [2.75, 3.05) is 5.32 Å². The summed E-state index contributed by atoms with van der Waals surface area (Å²) in [5.74, 6) is -2.34. The van der Waals surface area contributed by atoms with Gasteiger partial charge in [-0.1, -0.05) is 17.7 Å². The summed E-state index contributed by atoms with van der Waals surface area (Å²) in [4.78, 5) is 23.0. The molecule has 1 aromatic carbocycles. The highest BCUT2D eigenvalue weighted by atomic mass is 35.5. The normalized spacial score (nSPS) is 20.9. The molecule has 1 saturated carbocycles. The number of alkyl halides is 1. The second-order valence-electron chi connectivity index (χ2n) is 9.00. The van der Waals surface area contributed by atoms with Crippen LogP contribution < -0.4 is 10.1 Å². The van der Waals surface area contributed by atoms with Crippen LogP contribution in [0.25, 0.3) is 11.2 Å². The Morgan fingerprint density at radius 2 is 1.94 bits per heavy atom. The molecule has 182 valence electrons. The van der Waals surface area contributed by atoms with Gasteiger partial charge in [-0.3, -0.25) is 4.79 Å². The first kappa shape index (κ1) is 24.1. The minimum atomic E-state index is -1.82. The van der Waals surface area contributed by atoms with Gasteiger partial charge in [0, 0.05) is 12.1 Å². The number of aliphatic carboxylic acids is 1. The lowest BCUT2D eigenvalue weighted by Crippen LogP contribution is -2.49. The van der Waals surface area contributed by atoms with Gasteiger partial charge < -0.3 is 20.1 Å². The van der Waals surface area contributed by atoms with E-state index >= 15 is 4.39 Å². The van der Waals surface area contributed by atoms with Crippen LogP contribution in [-0.4, -0.2) is 37.8 Å². The molecule has 2 heterocycles. The zero-order valence-electron chi connectivity index (χ0n) is 18.6. The van der Waals surface area contributed by atoms with Crippen LogP contribution in [0.2, 0.25) is 5.02 Å². The molecule has 2 aromatic heterocycles. The van der Waals surface area contributed by atoms with Crippen molar-refractivity contribution in [3.05, 3.63) is 46.5 Å². The fourth-order valence-corrected chi connectivity index (χ4v) is 4.31. The minimum Gasteiger partial charge on any atom is -0.481 e. The maximum Gasteiger partial charge on any atom is 0.312 e. The molecule has 11 heteroatoms. The smallest absolute Gasteiger partial charge is 0.312 e. The number of hydrogen-bond donors (Lipinski definition) is 3. The van der Waals surface area contributed by atoms with Gasteiger partial charge in [-0.05, 0) is 57.7 Å². The van der Waals surface area contributed by atoms with Crippen molar-refractivity contribution in [2.24, 2.45) is 5.41 Å². The molecule has 1 aliphatic carbocycles. The fraction of sp³-hybridized carbons (Fsp3) is 0.435. The molecule has 34 heavy (non-hydrogen) atoms. The van der Waals surface area contributed by atoms with Gasteiger partial charge in [0.05, 0.1) is 16.0 Å². The number of ether oxygens (including phenoxy) is 1. The van der Waals surface area contributed by atoms with Crippen LogP contribution in [0.5, 0.6) is 6.01 Å². The molecule has 0 saturated heterocycles. The van der Waals surface area contributed by atoms with E-state index in [0.717, 1.165) is 12.1 Å². The third-order valence-electron chi connectivity index (χ3n) is 6.56. The van der Waals surface area contributed by atoms with Crippen molar-refractivity contribution in [1.82, 2.24) is 15.0 Å². The molecule has 0 unspecified atom stereocenters. The molecule has 0 spiro atoms. The van der Waals surface area contributed by atoms with Crippen molar-refractivity contribution >= 4 is 34.6 Å². The predicted molar refractivity (Wildman–Crippen MR) is 121 cm³/mol. The molecule has 1 aliphatic rings. The number of rotatable bonds is 7. The third kappa shape index (κ3) is 4.51. The number of imidazole rings is 1. The second-order valence-corrected chi connectivity index (χ2v) is 9.41. The van der Waals surface area contributed by atoms with Gasteiger partial charge in [0.1, 0.15) is 29.2 Å². The van der Waals surface area contributed by atoms with Gasteiger partial charge in [0.15, 0.2) is 5.65 Å². The van der Waals surface area contributed by atoms with Crippen molar-refractivity contribution in [3.8, 4) is 6.01 Å². The number of H-pyrrole nitrogens is 1. The Morgan fingerprint density at radius 3 is 2.56 bits per heavy atom. The molecular weight excluding hydrogens is 473 g/mol. The largest absolute Gasteiger partial charge is 0.481 e. The fourth-order valence-electron chi connectivity index (χ4n) is 4.09. The summed E-state index contributed by atoms with van der Waals surface area (Å²) in [5.41, 5.74) is -2.69. The Hall–Kier alpha value is -3.01. The average Bonchev–Trinajstić information content (AvgIpc) is 3.15. The standard InChI is InChI=1S/C23H24ClF3N4O3/c1-22(2,20(32)33)23(27)8-6-12(7-9-23)34-21-29-17-10-14(24)18(30-19(17)31-21)28-11-13-15(25)4-3-5-16(13)26/h3-5,10,12H,6-9,11H2,1-2H3,(H,32,33)(H2,28,29,30,31). The SMILES string of the molecule is CC(C)(C(=O)O)C1(F)CCC(Oc2nc3nc(NCc4c(F)cccc4F)c(Cl)cc3[nH]2)CC1. The van der Waals surface area contributed by atoms with Crippen molar-refractivity contribution in [3.63, 3.8) is 0 Å². The number of pyridine rings is 1. The summed E-state index contributed by atoms with van der Waals surface area (Å²) in [6, 6.07) is 5.34. The molecule has 1 fully saturated rings. The zero-order valence-corrected chi connectivity index (χ0v) is 19.3. The minimum absolute atomic E-state index is 0.0575. The lowest BCUT2D eigenvalue weighted by Gasteiger charge is -2.41. The molecule has 3 N–H and O–H groups in total. The quantitative estimate of drug-likeness (QED) is 0.391. The number of carbonyl (C=O) groups is 1.